The Bertz CT molecular complexity index is 657. The summed E-state index contributed by atoms with van der Waals surface area (Å²) in [7, 11) is 0. The summed E-state index contributed by atoms with van der Waals surface area (Å²) >= 11 is 9.11. The molecule has 3 nitrogen and oxygen atoms in total. The number of anilines is 1. The molecule has 1 heterocycles. The van der Waals surface area contributed by atoms with Crippen LogP contribution >= 0.6 is 46.1 Å². The van der Waals surface area contributed by atoms with E-state index >= 15 is 0 Å². The van der Waals surface area contributed by atoms with Crippen molar-refractivity contribution in [2.24, 2.45) is 0 Å². The van der Waals surface area contributed by atoms with Crippen molar-refractivity contribution in [1.29, 1.82) is 0 Å². The largest absolute Gasteiger partial charge is 0.343 e. The summed E-state index contributed by atoms with van der Waals surface area (Å²) in [4.78, 5) is 11.4. The first-order valence-corrected chi connectivity index (χ1v) is 9.12. The second-order valence-electron chi connectivity index (χ2n) is 5.30. The monoisotopic (exact) mass is 431 g/mol. The first-order chi connectivity index (χ1) is 9.88. The zero-order valence-corrected chi connectivity index (χ0v) is 16.3. The number of hydrogen-bond donors (Lipinski definition) is 0. The lowest BCUT2D eigenvalue weighted by Gasteiger charge is -2.31. The maximum atomic E-state index is 5.34. The average Bonchev–Trinajstić information content (AvgIpc) is 2.37. The van der Waals surface area contributed by atoms with E-state index in [-0.39, 0.29) is 0 Å². The molecule has 0 fully saturated rings. The number of halogens is 1. The molecule has 1 aromatic heterocycles. The van der Waals surface area contributed by atoms with E-state index in [4.69, 9.17) is 17.2 Å². The molecule has 0 aliphatic heterocycles. The molecular formula is C15H18IN3S2. The first-order valence-electron chi connectivity index (χ1n) is 6.82. The van der Waals surface area contributed by atoms with Gasteiger partial charge < -0.3 is 4.90 Å². The van der Waals surface area contributed by atoms with Crippen molar-refractivity contribution in [3.63, 3.8) is 0 Å². The van der Waals surface area contributed by atoms with Gasteiger partial charge in [-0.3, -0.25) is 0 Å². The lowest BCUT2D eigenvalue weighted by molar-refractivity contribution is 0.605. The molecule has 1 aromatic carbocycles. The second kappa shape index (κ2) is 7.11. The van der Waals surface area contributed by atoms with E-state index in [0.29, 0.717) is 21.9 Å². The molecule has 0 unspecified atom stereocenters. The number of nitrogens with zero attached hydrogens (tertiary/aromatic N) is 3. The maximum Gasteiger partial charge on any atom is 0.190 e. The summed E-state index contributed by atoms with van der Waals surface area (Å²) in [6.07, 6.45) is 0. The van der Waals surface area contributed by atoms with Gasteiger partial charge in [-0.15, -0.1) is 0 Å². The van der Waals surface area contributed by atoms with Gasteiger partial charge in [0.25, 0.3) is 0 Å². The van der Waals surface area contributed by atoms with Gasteiger partial charge in [0.15, 0.2) is 14.9 Å². The molecule has 0 aliphatic carbocycles. The molecule has 0 saturated heterocycles. The van der Waals surface area contributed by atoms with Crippen molar-refractivity contribution in [3.05, 3.63) is 31.8 Å². The van der Waals surface area contributed by atoms with Crippen molar-refractivity contribution in [1.82, 2.24) is 9.97 Å². The van der Waals surface area contributed by atoms with Crippen LogP contribution < -0.4 is 4.90 Å². The van der Waals surface area contributed by atoms with Crippen LogP contribution in [0.4, 0.5) is 5.13 Å². The number of rotatable bonds is 4. The van der Waals surface area contributed by atoms with Crippen LogP contribution in [0.15, 0.2) is 24.3 Å². The molecule has 112 valence electrons. The van der Waals surface area contributed by atoms with Gasteiger partial charge in [0, 0.05) is 21.2 Å². The molecule has 6 heteroatoms. The van der Waals surface area contributed by atoms with Crippen LogP contribution in [0, 0.1) is 7.52 Å². The summed E-state index contributed by atoms with van der Waals surface area (Å²) < 4.78 is 1.82. The highest BCUT2D eigenvalue weighted by atomic mass is 127. The predicted molar refractivity (Wildman–Crippen MR) is 102 cm³/mol. The third-order valence-corrected chi connectivity index (χ3v) is 4.82. The highest BCUT2D eigenvalue weighted by Gasteiger charge is 2.18. The fourth-order valence-electron chi connectivity index (χ4n) is 2.20. The van der Waals surface area contributed by atoms with Crippen LogP contribution in [0.1, 0.15) is 27.7 Å². The van der Waals surface area contributed by atoms with Crippen LogP contribution in [0.3, 0.4) is 0 Å². The van der Waals surface area contributed by atoms with Crippen molar-refractivity contribution >= 4 is 51.3 Å². The second-order valence-corrected chi connectivity index (χ2v) is 8.15. The lowest BCUT2D eigenvalue weighted by Crippen LogP contribution is -2.37. The Labute approximate surface area is 148 Å². The van der Waals surface area contributed by atoms with Gasteiger partial charge in [0.2, 0.25) is 0 Å². The Hall–Kier alpha value is -0.600. The van der Waals surface area contributed by atoms with Crippen molar-refractivity contribution in [2.75, 3.05) is 4.90 Å². The van der Waals surface area contributed by atoms with Crippen LogP contribution in [0.25, 0.3) is 11.4 Å². The zero-order valence-electron chi connectivity index (χ0n) is 12.5. The third kappa shape index (κ3) is 4.20. The smallest absolute Gasteiger partial charge is 0.190 e. The molecule has 0 amide bonds. The maximum absolute atomic E-state index is 5.34. The minimum Gasteiger partial charge on any atom is -0.343 e. The Kier molecular flexibility index (Phi) is 5.67. The Morgan fingerprint density at radius 1 is 1.05 bits per heavy atom. The molecular weight excluding hydrogens is 413 g/mol. The van der Waals surface area contributed by atoms with E-state index in [1.54, 1.807) is 0 Å². The fourth-order valence-corrected chi connectivity index (χ4v) is 3.82. The molecule has 0 radical (unpaired) electrons. The summed E-state index contributed by atoms with van der Waals surface area (Å²) in [6, 6.07) is 8.93. The first kappa shape index (κ1) is 16.8. The molecule has 0 atom stereocenters. The van der Waals surface area contributed by atoms with Crippen molar-refractivity contribution in [3.8, 4) is 11.4 Å². The van der Waals surface area contributed by atoms with E-state index in [1.807, 2.05) is 12.1 Å². The Morgan fingerprint density at radius 3 is 2.14 bits per heavy atom. The van der Waals surface area contributed by atoms with E-state index in [1.165, 1.54) is 14.9 Å². The minimum atomic E-state index is 0.370. The topological polar surface area (TPSA) is 29.0 Å². The molecule has 0 saturated carbocycles. The molecule has 0 bridgehead atoms. The molecule has 2 aromatic rings. The fraction of sp³-hybridized carbons (Fsp3) is 0.400. The van der Waals surface area contributed by atoms with Gasteiger partial charge in [0.05, 0.1) is 0 Å². The standard InChI is InChI=1S/C15H18IN3S2/c1-9(2)19(10(3)4)14-17-13(18-15(20)21-14)11-5-7-12(16)8-6-11/h5-10H,1-4H3. The molecule has 21 heavy (non-hydrogen) atoms. The van der Waals surface area contributed by atoms with Crippen molar-refractivity contribution in [2.45, 2.75) is 39.8 Å². The van der Waals surface area contributed by atoms with E-state index in [2.05, 4.69) is 72.3 Å². The molecule has 0 aliphatic rings. The van der Waals surface area contributed by atoms with Crippen LogP contribution in [-0.4, -0.2) is 22.1 Å². The highest BCUT2D eigenvalue weighted by Crippen LogP contribution is 2.26. The van der Waals surface area contributed by atoms with Gasteiger partial charge in [0.1, 0.15) is 0 Å². The summed E-state index contributed by atoms with van der Waals surface area (Å²) in [5.41, 5.74) is 1.00. The number of hydrogen-bond acceptors (Lipinski definition) is 5. The zero-order chi connectivity index (χ0) is 15.6. The molecule has 0 N–H and O–H groups in total. The third-order valence-electron chi connectivity index (χ3n) is 3.01. The number of benzene rings is 1. The summed E-state index contributed by atoms with van der Waals surface area (Å²) in [6.45, 7) is 8.68. The van der Waals surface area contributed by atoms with E-state index in [0.717, 1.165) is 10.7 Å². The predicted octanol–water partition coefficient (Wildman–Crippen LogP) is 5.16. The van der Waals surface area contributed by atoms with Gasteiger partial charge in [-0.05, 0) is 74.6 Å². The molecule has 0 spiro atoms. The molecule has 2 rings (SSSR count). The summed E-state index contributed by atoms with van der Waals surface area (Å²) in [5, 5.41) is 0.938. The quantitative estimate of drug-likeness (QED) is 0.494. The van der Waals surface area contributed by atoms with Crippen molar-refractivity contribution < 1.29 is 0 Å². The minimum absolute atomic E-state index is 0.370. The van der Waals surface area contributed by atoms with Gasteiger partial charge in [-0.25, -0.2) is 9.97 Å². The van der Waals surface area contributed by atoms with E-state index in [9.17, 15) is 0 Å². The highest BCUT2D eigenvalue weighted by molar-refractivity contribution is 14.1. The van der Waals surface area contributed by atoms with Gasteiger partial charge >= 0.3 is 0 Å². The van der Waals surface area contributed by atoms with Crippen LogP contribution in [0.5, 0.6) is 0 Å². The van der Waals surface area contributed by atoms with Crippen LogP contribution in [-0.2, 0) is 0 Å². The van der Waals surface area contributed by atoms with E-state index < -0.39 is 0 Å². The average molecular weight is 431 g/mol. The van der Waals surface area contributed by atoms with Crippen LogP contribution in [0.2, 0.25) is 0 Å². The normalized spacial score (nSPS) is 11.2. The Morgan fingerprint density at radius 2 is 1.62 bits per heavy atom. The SMILES string of the molecule is CC(C)N(c1nc(-c2ccc(I)cc2)nc(=S)s1)C(C)C. The Balaban J connectivity index is 2.51. The van der Waals surface area contributed by atoms with Gasteiger partial charge in [-0.1, -0.05) is 23.5 Å². The summed E-state index contributed by atoms with van der Waals surface area (Å²) in [5.74, 6) is 0.705. The lowest BCUT2D eigenvalue weighted by atomic mass is 10.2. The van der Waals surface area contributed by atoms with Gasteiger partial charge in [-0.2, -0.15) is 0 Å². The number of aromatic nitrogens is 2.